The lowest BCUT2D eigenvalue weighted by atomic mass is 10.1. The second-order valence-electron chi connectivity index (χ2n) is 5.36. The summed E-state index contributed by atoms with van der Waals surface area (Å²) in [7, 11) is 0. The van der Waals surface area contributed by atoms with Gasteiger partial charge in [-0.1, -0.05) is 29.8 Å². The van der Waals surface area contributed by atoms with E-state index in [-0.39, 0.29) is 11.8 Å². The lowest BCUT2D eigenvalue weighted by molar-refractivity contribution is 0.0927. The van der Waals surface area contributed by atoms with Crippen LogP contribution in [0.4, 0.5) is 0 Å². The molecule has 1 heterocycles. The van der Waals surface area contributed by atoms with Gasteiger partial charge in [-0.15, -0.1) is 0 Å². The Balaban J connectivity index is 1.51. The number of halogens is 1. The zero-order valence-electron chi connectivity index (χ0n) is 13.4. The van der Waals surface area contributed by atoms with Gasteiger partial charge in [0.1, 0.15) is 13.2 Å². The van der Waals surface area contributed by atoms with Gasteiger partial charge in [0.05, 0.1) is 5.02 Å². The van der Waals surface area contributed by atoms with Crippen LogP contribution in [0, 0.1) is 0 Å². The summed E-state index contributed by atoms with van der Waals surface area (Å²) in [6.07, 6.45) is 0. The Bertz CT molecular complexity index is 780. The first-order chi connectivity index (χ1) is 12.1. The van der Waals surface area contributed by atoms with Crippen LogP contribution in [-0.2, 0) is 0 Å². The highest BCUT2D eigenvalue weighted by atomic mass is 35.5. The maximum absolute atomic E-state index is 12.2. The molecule has 0 atom stereocenters. The van der Waals surface area contributed by atoms with Crippen molar-refractivity contribution >= 4 is 23.4 Å². The Morgan fingerprint density at radius 3 is 2.28 bits per heavy atom. The minimum absolute atomic E-state index is 0.183. The van der Waals surface area contributed by atoms with Gasteiger partial charge in [-0.2, -0.15) is 0 Å². The van der Waals surface area contributed by atoms with Crippen molar-refractivity contribution in [3.05, 3.63) is 58.6 Å². The lowest BCUT2D eigenvalue weighted by Gasteiger charge is -2.20. The molecule has 7 heteroatoms. The number of fused-ring (bicyclic) bond motifs is 1. The fraction of sp³-hybridized carbons (Fsp3) is 0.222. The molecule has 2 aromatic carbocycles. The van der Waals surface area contributed by atoms with E-state index in [4.69, 9.17) is 21.1 Å². The van der Waals surface area contributed by atoms with Crippen LogP contribution in [0.5, 0.6) is 11.5 Å². The number of benzene rings is 2. The van der Waals surface area contributed by atoms with Crippen LogP contribution >= 0.6 is 11.6 Å². The highest BCUT2D eigenvalue weighted by Gasteiger charge is 2.19. The predicted octanol–water partition coefficient (Wildman–Crippen LogP) is 2.27. The van der Waals surface area contributed by atoms with Gasteiger partial charge in [0, 0.05) is 24.2 Å². The molecule has 1 aliphatic rings. The van der Waals surface area contributed by atoms with E-state index < -0.39 is 0 Å². The molecule has 130 valence electrons. The number of hydrogen-bond donors (Lipinski definition) is 2. The quantitative estimate of drug-likeness (QED) is 0.802. The minimum atomic E-state index is -0.298. The van der Waals surface area contributed by atoms with E-state index in [1.807, 2.05) is 6.07 Å². The first-order valence-electron chi connectivity index (χ1n) is 7.86. The van der Waals surface area contributed by atoms with Crippen LogP contribution in [0.25, 0.3) is 0 Å². The van der Waals surface area contributed by atoms with Crippen LogP contribution < -0.4 is 20.1 Å². The molecule has 0 spiro atoms. The molecule has 0 bridgehead atoms. The number of ether oxygens (including phenoxy) is 2. The van der Waals surface area contributed by atoms with Crippen molar-refractivity contribution in [2.45, 2.75) is 0 Å². The number of rotatable bonds is 5. The molecule has 2 amide bonds. The average Bonchev–Trinajstić information content (AvgIpc) is 2.65. The second-order valence-corrected chi connectivity index (χ2v) is 5.77. The van der Waals surface area contributed by atoms with Gasteiger partial charge < -0.3 is 20.1 Å². The lowest BCUT2D eigenvalue weighted by Crippen LogP contribution is -2.34. The number of carbonyl (C=O) groups is 2. The van der Waals surface area contributed by atoms with Crippen LogP contribution in [0.3, 0.4) is 0 Å². The molecule has 1 aliphatic heterocycles. The summed E-state index contributed by atoms with van der Waals surface area (Å²) in [5.41, 5.74) is 0.955. The summed E-state index contributed by atoms with van der Waals surface area (Å²) in [5.74, 6) is 0.436. The molecule has 2 N–H and O–H groups in total. The predicted molar refractivity (Wildman–Crippen MR) is 93.6 cm³/mol. The first-order valence-corrected chi connectivity index (χ1v) is 8.23. The molecule has 0 radical (unpaired) electrons. The minimum Gasteiger partial charge on any atom is -0.486 e. The maximum Gasteiger partial charge on any atom is 0.251 e. The van der Waals surface area contributed by atoms with E-state index in [0.717, 1.165) is 0 Å². The van der Waals surface area contributed by atoms with Crippen LogP contribution in [0.2, 0.25) is 5.02 Å². The Hall–Kier alpha value is -2.73. The van der Waals surface area contributed by atoms with Crippen LogP contribution in [0.15, 0.2) is 42.5 Å². The van der Waals surface area contributed by atoms with Crippen LogP contribution in [0.1, 0.15) is 20.7 Å². The smallest absolute Gasteiger partial charge is 0.251 e. The van der Waals surface area contributed by atoms with Gasteiger partial charge in [0.15, 0.2) is 11.5 Å². The standard InChI is InChI=1S/C18H17ClN2O4/c19-14-10-13(11-15-16(14)25-9-8-24-15)18(23)21-7-6-20-17(22)12-4-2-1-3-5-12/h1-5,10-11H,6-9H2,(H,20,22)(H,21,23). The number of hydrogen-bond acceptors (Lipinski definition) is 4. The number of amides is 2. The Morgan fingerprint density at radius 2 is 1.56 bits per heavy atom. The zero-order valence-corrected chi connectivity index (χ0v) is 14.1. The van der Waals surface area contributed by atoms with Crippen molar-refractivity contribution in [2.75, 3.05) is 26.3 Å². The van der Waals surface area contributed by atoms with Crippen LogP contribution in [-0.4, -0.2) is 38.1 Å². The van der Waals surface area contributed by atoms with Gasteiger partial charge >= 0.3 is 0 Å². The third-order valence-electron chi connectivity index (χ3n) is 3.59. The van der Waals surface area contributed by atoms with Gasteiger partial charge in [-0.3, -0.25) is 9.59 Å². The first kappa shape index (κ1) is 17.1. The molecule has 0 fully saturated rings. The normalized spacial score (nSPS) is 12.4. The molecule has 25 heavy (non-hydrogen) atoms. The van der Waals surface area contributed by atoms with Gasteiger partial charge in [0.2, 0.25) is 0 Å². The molecular formula is C18H17ClN2O4. The van der Waals surface area contributed by atoms with E-state index in [1.165, 1.54) is 6.07 Å². The van der Waals surface area contributed by atoms with E-state index in [2.05, 4.69) is 10.6 Å². The topological polar surface area (TPSA) is 76.7 Å². The van der Waals surface area contributed by atoms with E-state index >= 15 is 0 Å². The molecule has 6 nitrogen and oxygen atoms in total. The fourth-order valence-electron chi connectivity index (χ4n) is 2.39. The average molecular weight is 361 g/mol. The Kier molecular flexibility index (Phi) is 5.40. The zero-order chi connectivity index (χ0) is 17.6. The molecule has 0 saturated carbocycles. The number of nitrogens with one attached hydrogen (secondary N) is 2. The molecule has 2 aromatic rings. The number of carbonyl (C=O) groups excluding carboxylic acids is 2. The maximum atomic E-state index is 12.2. The third-order valence-corrected chi connectivity index (χ3v) is 3.87. The largest absolute Gasteiger partial charge is 0.486 e. The molecular weight excluding hydrogens is 344 g/mol. The van der Waals surface area contributed by atoms with E-state index in [9.17, 15) is 9.59 Å². The summed E-state index contributed by atoms with van der Waals surface area (Å²) in [5, 5.41) is 5.81. The van der Waals surface area contributed by atoms with Gasteiger partial charge in [-0.05, 0) is 24.3 Å². The summed E-state index contributed by atoms with van der Waals surface area (Å²) in [6.45, 7) is 1.46. The SMILES string of the molecule is O=C(NCCNC(=O)c1cc(Cl)c2c(c1)OCCO2)c1ccccc1. The molecule has 0 unspecified atom stereocenters. The van der Waals surface area contributed by atoms with Crippen molar-refractivity contribution in [3.63, 3.8) is 0 Å². The Labute approximate surface area is 150 Å². The molecule has 0 aliphatic carbocycles. The van der Waals surface area contributed by atoms with Gasteiger partial charge in [0.25, 0.3) is 11.8 Å². The molecule has 0 saturated heterocycles. The van der Waals surface area contributed by atoms with Crippen molar-refractivity contribution < 1.29 is 19.1 Å². The Morgan fingerprint density at radius 1 is 0.920 bits per heavy atom. The van der Waals surface area contributed by atoms with Crippen molar-refractivity contribution in [3.8, 4) is 11.5 Å². The highest BCUT2D eigenvalue weighted by Crippen LogP contribution is 2.38. The van der Waals surface area contributed by atoms with E-state index in [0.29, 0.717) is 54.0 Å². The highest BCUT2D eigenvalue weighted by molar-refractivity contribution is 6.32. The third kappa shape index (κ3) is 4.22. The fourth-order valence-corrected chi connectivity index (χ4v) is 2.65. The van der Waals surface area contributed by atoms with E-state index in [1.54, 1.807) is 30.3 Å². The van der Waals surface area contributed by atoms with Crippen molar-refractivity contribution in [1.82, 2.24) is 10.6 Å². The summed E-state index contributed by atoms with van der Waals surface area (Å²) in [6, 6.07) is 12.0. The summed E-state index contributed by atoms with van der Waals surface area (Å²) < 4.78 is 10.9. The second kappa shape index (κ2) is 7.90. The summed E-state index contributed by atoms with van der Waals surface area (Å²) >= 11 is 6.12. The van der Waals surface area contributed by atoms with Crippen molar-refractivity contribution in [1.29, 1.82) is 0 Å². The van der Waals surface area contributed by atoms with Gasteiger partial charge in [-0.25, -0.2) is 0 Å². The summed E-state index contributed by atoms with van der Waals surface area (Å²) in [4.78, 5) is 24.1. The molecule has 3 rings (SSSR count). The van der Waals surface area contributed by atoms with Crippen molar-refractivity contribution in [2.24, 2.45) is 0 Å². The monoisotopic (exact) mass is 360 g/mol. The molecule has 0 aromatic heterocycles.